The number of likely N-dealkylation sites (N-methyl/N-ethyl adjacent to an activating group) is 1. The number of anilines is 1. The maximum absolute atomic E-state index is 12.9. The molecule has 0 unspecified atom stereocenters. The summed E-state index contributed by atoms with van der Waals surface area (Å²) in [5.74, 6) is 0.894. The first-order chi connectivity index (χ1) is 11.4. The summed E-state index contributed by atoms with van der Waals surface area (Å²) in [5, 5.41) is 4.16. The molecule has 7 nitrogen and oxygen atoms in total. The van der Waals surface area contributed by atoms with Gasteiger partial charge in [-0.1, -0.05) is 6.07 Å². The van der Waals surface area contributed by atoms with Crippen LogP contribution in [-0.2, 0) is 17.1 Å². The SMILES string of the molecule is Cc1nn(C)cc1S(=O)(=O)N(C)[C@H]1CCCN(c2ccccn2)C1. The number of sulfonamides is 1. The summed E-state index contributed by atoms with van der Waals surface area (Å²) in [6, 6.07) is 5.71. The van der Waals surface area contributed by atoms with Crippen molar-refractivity contribution in [2.75, 3.05) is 25.0 Å². The van der Waals surface area contributed by atoms with Crippen molar-refractivity contribution in [3.05, 3.63) is 36.3 Å². The first-order valence-corrected chi connectivity index (χ1v) is 9.48. The fourth-order valence-corrected chi connectivity index (χ4v) is 4.76. The topological polar surface area (TPSA) is 71.3 Å². The number of rotatable bonds is 4. The Morgan fingerprint density at radius 1 is 1.33 bits per heavy atom. The molecule has 8 heteroatoms. The molecular formula is C16H23N5O2S. The fraction of sp³-hybridized carbons (Fsp3) is 0.500. The van der Waals surface area contributed by atoms with Crippen molar-refractivity contribution in [2.24, 2.45) is 7.05 Å². The minimum atomic E-state index is -3.55. The molecule has 1 aliphatic rings. The molecule has 1 aliphatic heterocycles. The highest BCUT2D eigenvalue weighted by Crippen LogP contribution is 2.25. The number of hydrogen-bond donors (Lipinski definition) is 0. The van der Waals surface area contributed by atoms with Crippen LogP contribution in [-0.4, -0.2) is 53.7 Å². The predicted octanol–water partition coefficient (Wildman–Crippen LogP) is 1.41. The molecule has 3 heterocycles. The second-order valence-corrected chi connectivity index (χ2v) is 8.17. The fourth-order valence-electron chi connectivity index (χ4n) is 3.18. The molecule has 1 fully saturated rings. The Labute approximate surface area is 143 Å². The molecular weight excluding hydrogens is 326 g/mol. The summed E-state index contributed by atoms with van der Waals surface area (Å²) < 4.78 is 28.9. The maximum atomic E-state index is 12.9. The van der Waals surface area contributed by atoms with Gasteiger partial charge >= 0.3 is 0 Å². The van der Waals surface area contributed by atoms with Gasteiger partial charge in [0, 0.05) is 45.6 Å². The standard InChI is InChI=1S/C16H23N5O2S/c1-13-15(12-19(2)18-13)24(22,23)20(3)14-7-6-10-21(11-14)16-8-4-5-9-17-16/h4-5,8-9,12,14H,6-7,10-11H2,1-3H3/t14-/m0/s1. The molecule has 2 aromatic heterocycles. The number of aryl methyl sites for hydroxylation is 2. The smallest absolute Gasteiger partial charge is 0.246 e. The van der Waals surface area contributed by atoms with E-state index in [1.165, 1.54) is 8.99 Å². The van der Waals surface area contributed by atoms with Crippen molar-refractivity contribution in [1.29, 1.82) is 0 Å². The van der Waals surface area contributed by atoms with Gasteiger partial charge in [0.1, 0.15) is 10.7 Å². The second kappa shape index (κ2) is 6.52. The van der Waals surface area contributed by atoms with E-state index in [2.05, 4.69) is 15.0 Å². The normalized spacial score (nSPS) is 19.0. The highest BCUT2D eigenvalue weighted by molar-refractivity contribution is 7.89. The van der Waals surface area contributed by atoms with Crippen LogP contribution in [0.15, 0.2) is 35.5 Å². The summed E-state index contributed by atoms with van der Waals surface area (Å²) in [6.45, 7) is 3.27. The summed E-state index contributed by atoms with van der Waals surface area (Å²) in [7, 11) is -0.158. The third-order valence-electron chi connectivity index (χ3n) is 4.51. The van der Waals surface area contributed by atoms with Gasteiger partial charge in [0.25, 0.3) is 0 Å². The number of pyridine rings is 1. The van der Waals surface area contributed by atoms with Gasteiger partial charge in [-0.3, -0.25) is 4.68 Å². The van der Waals surface area contributed by atoms with Crippen LogP contribution in [0.5, 0.6) is 0 Å². The molecule has 130 valence electrons. The van der Waals surface area contributed by atoms with E-state index in [1.807, 2.05) is 18.2 Å². The minimum Gasteiger partial charge on any atom is -0.355 e. The number of nitrogens with zero attached hydrogens (tertiary/aromatic N) is 5. The molecule has 2 aromatic rings. The zero-order valence-electron chi connectivity index (χ0n) is 14.3. The van der Waals surface area contributed by atoms with Crippen molar-refractivity contribution >= 4 is 15.8 Å². The van der Waals surface area contributed by atoms with E-state index < -0.39 is 10.0 Å². The number of piperidine rings is 1. The minimum absolute atomic E-state index is 0.0784. The highest BCUT2D eigenvalue weighted by atomic mass is 32.2. The number of aromatic nitrogens is 3. The van der Waals surface area contributed by atoms with Crippen LogP contribution < -0.4 is 4.90 Å². The Bertz CT molecular complexity index is 803. The summed E-state index contributed by atoms with van der Waals surface area (Å²) in [4.78, 5) is 6.81. The van der Waals surface area contributed by atoms with Crippen molar-refractivity contribution in [3.63, 3.8) is 0 Å². The lowest BCUT2D eigenvalue weighted by Crippen LogP contribution is -2.48. The molecule has 1 saturated heterocycles. The average molecular weight is 349 g/mol. The van der Waals surface area contributed by atoms with Gasteiger partial charge in [-0.2, -0.15) is 9.40 Å². The average Bonchev–Trinajstić information content (AvgIpc) is 2.94. The Morgan fingerprint density at radius 3 is 2.75 bits per heavy atom. The van der Waals surface area contributed by atoms with E-state index in [0.717, 1.165) is 25.2 Å². The Morgan fingerprint density at radius 2 is 2.12 bits per heavy atom. The first kappa shape index (κ1) is 16.9. The molecule has 0 aromatic carbocycles. The lowest BCUT2D eigenvalue weighted by Gasteiger charge is -2.37. The molecule has 0 aliphatic carbocycles. The molecule has 0 radical (unpaired) electrons. The lowest BCUT2D eigenvalue weighted by atomic mass is 10.1. The van der Waals surface area contributed by atoms with Gasteiger partial charge in [0.2, 0.25) is 10.0 Å². The van der Waals surface area contributed by atoms with Crippen LogP contribution in [0, 0.1) is 6.92 Å². The van der Waals surface area contributed by atoms with Crippen molar-refractivity contribution in [2.45, 2.75) is 30.7 Å². The van der Waals surface area contributed by atoms with E-state index in [9.17, 15) is 8.42 Å². The quantitative estimate of drug-likeness (QED) is 0.835. The van der Waals surface area contributed by atoms with Gasteiger partial charge in [-0.25, -0.2) is 13.4 Å². The molecule has 0 amide bonds. The van der Waals surface area contributed by atoms with Crippen LogP contribution in [0.1, 0.15) is 18.5 Å². The first-order valence-electron chi connectivity index (χ1n) is 8.04. The van der Waals surface area contributed by atoms with Gasteiger partial charge in [-0.05, 0) is 31.9 Å². The van der Waals surface area contributed by atoms with Crippen molar-refractivity contribution in [3.8, 4) is 0 Å². The Hall–Kier alpha value is -1.93. The van der Waals surface area contributed by atoms with Gasteiger partial charge in [-0.15, -0.1) is 0 Å². The summed E-state index contributed by atoms with van der Waals surface area (Å²) in [6.07, 6.45) is 5.12. The van der Waals surface area contributed by atoms with Gasteiger partial charge in [0.15, 0.2) is 0 Å². The molecule has 0 saturated carbocycles. The summed E-state index contributed by atoms with van der Waals surface area (Å²) in [5.41, 5.74) is 0.529. The third kappa shape index (κ3) is 3.16. The molecule has 0 N–H and O–H groups in total. The van der Waals surface area contributed by atoms with Crippen molar-refractivity contribution < 1.29 is 8.42 Å². The van der Waals surface area contributed by atoms with Crippen molar-refractivity contribution in [1.82, 2.24) is 19.1 Å². The van der Waals surface area contributed by atoms with E-state index in [-0.39, 0.29) is 10.9 Å². The van der Waals surface area contributed by atoms with Crippen LogP contribution in [0.25, 0.3) is 0 Å². The number of hydrogen-bond acceptors (Lipinski definition) is 5. The van der Waals surface area contributed by atoms with Crippen LogP contribution in [0.2, 0.25) is 0 Å². The summed E-state index contributed by atoms with van der Waals surface area (Å²) >= 11 is 0. The van der Waals surface area contributed by atoms with Gasteiger partial charge < -0.3 is 4.90 Å². The monoisotopic (exact) mass is 349 g/mol. The highest BCUT2D eigenvalue weighted by Gasteiger charge is 2.33. The molecule has 3 rings (SSSR count). The molecule has 24 heavy (non-hydrogen) atoms. The van der Waals surface area contributed by atoms with Gasteiger partial charge in [0.05, 0.1) is 5.69 Å². The van der Waals surface area contributed by atoms with E-state index in [4.69, 9.17) is 0 Å². The van der Waals surface area contributed by atoms with Crippen LogP contribution in [0.3, 0.4) is 0 Å². The predicted molar refractivity (Wildman–Crippen MR) is 92.4 cm³/mol. The van der Waals surface area contributed by atoms with E-state index >= 15 is 0 Å². The zero-order chi connectivity index (χ0) is 17.3. The van der Waals surface area contributed by atoms with Crippen LogP contribution >= 0.6 is 0 Å². The second-order valence-electron chi connectivity index (χ2n) is 6.20. The molecule has 0 bridgehead atoms. The third-order valence-corrected chi connectivity index (χ3v) is 6.52. The Kier molecular flexibility index (Phi) is 4.60. The van der Waals surface area contributed by atoms with E-state index in [1.54, 1.807) is 33.4 Å². The molecule has 1 atom stereocenters. The zero-order valence-corrected chi connectivity index (χ0v) is 15.1. The lowest BCUT2D eigenvalue weighted by molar-refractivity contribution is 0.319. The largest absolute Gasteiger partial charge is 0.355 e. The molecule has 0 spiro atoms. The Balaban J connectivity index is 1.81. The van der Waals surface area contributed by atoms with E-state index in [0.29, 0.717) is 12.2 Å². The van der Waals surface area contributed by atoms with Crippen LogP contribution in [0.4, 0.5) is 5.82 Å². The maximum Gasteiger partial charge on any atom is 0.246 e.